The third kappa shape index (κ3) is 7.81. The van der Waals surface area contributed by atoms with E-state index >= 15 is 0 Å². The Kier molecular flexibility index (Phi) is 11.1. The molecule has 0 unspecified atom stereocenters. The van der Waals surface area contributed by atoms with Gasteiger partial charge in [0.25, 0.3) is 5.91 Å². The van der Waals surface area contributed by atoms with Crippen LogP contribution in [0.4, 0.5) is 17.2 Å². The Morgan fingerprint density at radius 2 is 1.83 bits per heavy atom. The number of benzene rings is 1. The van der Waals surface area contributed by atoms with Gasteiger partial charge in [0.2, 0.25) is 6.41 Å². The number of piperazine rings is 1. The summed E-state index contributed by atoms with van der Waals surface area (Å²) in [6, 6.07) is 13.1. The smallest absolute Gasteiger partial charge is 0.274 e. The maximum absolute atomic E-state index is 13.4. The number of amides is 2. The van der Waals surface area contributed by atoms with E-state index in [0.717, 1.165) is 69.3 Å². The molecule has 2 aromatic rings. The van der Waals surface area contributed by atoms with Gasteiger partial charge in [-0.15, -0.1) is 0 Å². The number of pyridine rings is 1. The second-order valence-electron chi connectivity index (χ2n) is 9.86. The molecule has 2 aliphatic rings. The van der Waals surface area contributed by atoms with Gasteiger partial charge in [-0.3, -0.25) is 14.5 Å². The summed E-state index contributed by atoms with van der Waals surface area (Å²) in [4.78, 5) is 38.4. The maximum Gasteiger partial charge on any atom is 0.274 e. The molecule has 10 heteroatoms. The molecule has 2 N–H and O–H groups in total. The molecule has 218 valence electrons. The van der Waals surface area contributed by atoms with Gasteiger partial charge in [-0.05, 0) is 37.3 Å². The Balaban J connectivity index is 1.50. The third-order valence-electron chi connectivity index (χ3n) is 7.30. The molecule has 0 saturated carbocycles. The van der Waals surface area contributed by atoms with Crippen LogP contribution in [0.15, 0.2) is 78.7 Å². The Morgan fingerprint density at radius 1 is 1.10 bits per heavy atom. The van der Waals surface area contributed by atoms with Crippen molar-refractivity contribution in [3.8, 4) is 0 Å². The number of morpholine rings is 1. The zero-order chi connectivity index (χ0) is 29.0. The van der Waals surface area contributed by atoms with E-state index in [1.54, 1.807) is 17.0 Å². The molecule has 0 bridgehead atoms. The lowest BCUT2D eigenvalue weighted by Crippen LogP contribution is -2.44. The first-order valence-electron chi connectivity index (χ1n) is 14.1. The molecular formula is C31H41N7O3. The van der Waals surface area contributed by atoms with Crippen LogP contribution in [0.5, 0.6) is 0 Å². The lowest BCUT2D eigenvalue weighted by atomic mass is 10.2. The number of nitrogens with one attached hydrogen (secondary N) is 2. The Hall–Kier alpha value is -3.99. The molecule has 10 nitrogen and oxygen atoms in total. The molecule has 0 aliphatic carbocycles. The van der Waals surface area contributed by atoms with Crippen LogP contribution in [0, 0.1) is 0 Å². The second-order valence-corrected chi connectivity index (χ2v) is 9.86. The molecule has 2 fully saturated rings. The van der Waals surface area contributed by atoms with Crippen LogP contribution in [0.2, 0.25) is 0 Å². The van der Waals surface area contributed by atoms with Crippen LogP contribution in [-0.2, 0) is 9.53 Å². The van der Waals surface area contributed by atoms with Gasteiger partial charge >= 0.3 is 0 Å². The minimum atomic E-state index is -0.299. The summed E-state index contributed by atoms with van der Waals surface area (Å²) in [6.45, 7) is 13.7. The Labute approximate surface area is 243 Å². The van der Waals surface area contributed by atoms with Crippen LogP contribution in [0.3, 0.4) is 0 Å². The van der Waals surface area contributed by atoms with Crippen molar-refractivity contribution in [3.05, 3.63) is 84.4 Å². The predicted molar refractivity (Wildman–Crippen MR) is 163 cm³/mol. The molecule has 2 saturated heterocycles. The zero-order valence-corrected chi connectivity index (χ0v) is 24.1. The van der Waals surface area contributed by atoms with E-state index in [4.69, 9.17) is 9.72 Å². The van der Waals surface area contributed by atoms with Crippen molar-refractivity contribution in [2.75, 3.05) is 82.4 Å². The number of carbonyl (C=O) groups excluding carboxylic acids is 2. The van der Waals surface area contributed by atoms with Gasteiger partial charge in [0.05, 0.1) is 36.0 Å². The van der Waals surface area contributed by atoms with Crippen LogP contribution < -0.4 is 20.4 Å². The fourth-order valence-corrected chi connectivity index (χ4v) is 5.01. The van der Waals surface area contributed by atoms with Gasteiger partial charge in [-0.25, -0.2) is 4.98 Å². The number of allylic oxidation sites excluding steroid dienone is 3. The van der Waals surface area contributed by atoms with Crippen molar-refractivity contribution in [3.63, 3.8) is 0 Å². The Bertz CT molecular complexity index is 1250. The van der Waals surface area contributed by atoms with Gasteiger partial charge < -0.3 is 30.1 Å². The Morgan fingerprint density at radius 3 is 2.51 bits per heavy atom. The van der Waals surface area contributed by atoms with Crippen LogP contribution in [0.1, 0.15) is 17.4 Å². The van der Waals surface area contributed by atoms with E-state index in [0.29, 0.717) is 37.0 Å². The number of rotatable bonds is 12. The fourth-order valence-electron chi connectivity index (χ4n) is 5.01. The normalized spacial score (nSPS) is 16.7. The van der Waals surface area contributed by atoms with Gasteiger partial charge in [-0.1, -0.05) is 36.9 Å². The minimum absolute atomic E-state index is 0.295. The molecule has 41 heavy (non-hydrogen) atoms. The average Bonchev–Trinajstić information content (AvgIpc) is 3.03. The third-order valence-corrected chi connectivity index (χ3v) is 7.30. The average molecular weight is 560 g/mol. The summed E-state index contributed by atoms with van der Waals surface area (Å²) >= 11 is 0. The van der Waals surface area contributed by atoms with Crippen molar-refractivity contribution in [2.45, 2.75) is 6.92 Å². The molecule has 0 spiro atoms. The maximum atomic E-state index is 13.4. The van der Waals surface area contributed by atoms with Crippen LogP contribution in [-0.4, -0.2) is 99.7 Å². The van der Waals surface area contributed by atoms with Crippen LogP contribution >= 0.6 is 0 Å². The first kappa shape index (κ1) is 30.0. The van der Waals surface area contributed by atoms with E-state index < -0.39 is 0 Å². The van der Waals surface area contributed by atoms with Crippen molar-refractivity contribution in [1.29, 1.82) is 0 Å². The standard InChI is InChI=1S/C31H41N7O3/c1-4-9-27(37-16-14-32-15-17-37)25(5-2)34-31(40)26-10-8-13-30(33-26)35(3)28-11-6-7-12-29(28)38(24-39)19-18-36-20-22-41-23-21-36/h4-13,24,32H,1,14-23H2,2-3H3,(H,34,40)/b25-5+,27-9+. The number of ether oxygens (including phenoxy) is 1. The zero-order valence-electron chi connectivity index (χ0n) is 24.1. The predicted octanol–water partition coefficient (Wildman–Crippen LogP) is 2.75. The highest BCUT2D eigenvalue weighted by Gasteiger charge is 2.21. The van der Waals surface area contributed by atoms with Crippen molar-refractivity contribution >= 4 is 29.5 Å². The second kappa shape index (κ2) is 15.1. The van der Waals surface area contributed by atoms with E-state index in [9.17, 15) is 9.59 Å². The number of hydrogen-bond donors (Lipinski definition) is 2. The lowest BCUT2D eigenvalue weighted by Gasteiger charge is -2.32. The van der Waals surface area contributed by atoms with E-state index in [-0.39, 0.29) is 5.91 Å². The highest BCUT2D eigenvalue weighted by atomic mass is 16.5. The molecule has 2 amide bonds. The molecule has 0 atom stereocenters. The summed E-state index contributed by atoms with van der Waals surface area (Å²) < 4.78 is 5.44. The molecule has 2 aliphatic heterocycles. The summed E-state index contributed by atoms with van der Waals surface area (Å²) in [5, 5.41) is 6.41. The molecule has 1 aromatic heterocycles. The first-order chi connectivity index (χ1) is 20.0. The molecular weight excluding hydrogens is 518 g/mol. The quantitative estimate of drug-likeness (QED) is 0.303. The minimum Gasteiger partial charge on any atom is -0.379 e. The largest absolute Gasteiger partial charge is 0.379 e. The molecule has 3 heterocycles. The summed E-state index contributed by atoms with van der Waals surface area (Å²) in [6.07, 6.45) is 6.43. The topological polar surface area (TPSA) is 93.3 Å². The molecule has 4 rings (SSSR count). The van der Waals surface area contributed by atoms with E-state index in [1.807, 2.05) is 67.4 Å². The highest BCUT2D eigenvalue weighted by Crippen LogP contribution is 2.32. The number of para-hydroxylation sites is 2. The van der Waals surface area contributed by atoms with Gasteiger partial charge in [0.1, 0.15) is 11.5 Å². The van der Waals surface area contributed by atoms with Crippen molar-refractivity contribution < 1.29 is 14.3 Å². The van der Waals surface area contributed by atoms with Gasteiger partial charge in [0.15, 0.2) is 0 Å². The van der Waals surface area contributed by atoms with Crippen LogP contribution in [0.25, 0.3) is 0 Å². The van der Waals surface area contributed by atoms with E-state index in [1.165, 1.54) is 0 Å². The highest BCUT2D eigenvalue weighted by molar-refractivity contribution is 5.94. The SMILES string of the molecule is C=C/C=C(\C(=C/C)NC(=O)c1cccc(N(C)c2ccccc2N(C=O)CCN2CCOCC2)n1)N1CCNCC1. The number of nitrogens with zero attached hydrogens (tertiary/aromatic N) is 5. The molecule has 1 aromatic carbocycles. The van der Waals surface area contributed by atoms with Crippen molar-refractivity contribution in [2.24, 2.45) is 0 Å². The summed E-state index contributed by atoms with van der Waals surface area (Å²) in [5.41, 5.74) is 3.52. The van der Waals surface area contributed by atoms with Gasteiger partial charge in [-0.2, -0.15) is 0 Å². The number of anilines is 3. The summed E-state index contributed by atoms with van der Waals surface area (Å²) in [5.74, 6) is 0.293. The monoisotopic (exact) mass is 559 g/mol. The number of carbonyl (C=O) groups is 2. The van der Waals surface area contributed by atoms with Crippen molar-refractivity contribution in [1.82, 2.24) is 25.4 Å². The lowest BCUT2D eigenvalue weighted by molar-refractivity contribution is -0.107. The summed E-state index contributed by atoms with van der Waals surface area (Å²) in [7, 11) is 1.89. The number of hydrogen-bond acceptors (Lipinski definition) is 8. The first-order valence-corrected chi connectivity index (χ1v) is 14.1. The molecule has 0 radical (unpaired) electrons. The number of aromatic nitrogens is 1. The van der Waals surface area contributed by atoms with E-state index in [2.05, 4.69) is 27.0 Å². The van der Waals surface area contributed by atoms with Gasteiger partial charge in [0, 0.05) is 59.4 Å². The fraction of sp³-hybridized carbons (Fsp3) is 0.387.